The summed E-state index contributed by atoms with van der Waals surface area (Å²) in [7, 11) is 1.64. The number of anilines is 2. The van der Waals surface area contributed by atoms with Gasteiger partial charge in [0.2, 0.25) is 0 Å². The number of hydrogen-bond acceptors (Lipinski definition) is 5. The van der Waals surface area contributed by atoms with Crippen molar-refractivity contribution in [1.82, 2.24) is 15.2 Å². The summed E-state index contributed by atoms with van der Waals surface area (Å²) in [5, 5.41) is 22.0. The SMILES string of the molecule is COc1cccc(-c2nc(Nc3cc(C)[nH]n3)cc3cc(O)ccc23)c1. The maximum Gasteiger partial charge on any atom is 0.153 e. The fourth-order valence-electron chi connectivity index (χ4n) is 2.91. The van der Waals surface area contributed by atoms with E-state index in [2.05, 4.69) is 15.5 Å². The van der Waals surface area contributed by atoms with Gasteiger partial charge in [0.25, 0.3) is 0 Å². The van der Waals surface area contributed by atoms with E-state index < -0.39 is 0 Å². The van der Waals surface area contributed by atoms with E-state index in [-0.39, 0.29) is 5.75 Å². The molecule has 0 atom stereocenters. The Kier molecular flexibility index (Phi) is 3.93. The van der Waals surface area contributed by atoms with Crippen molar-refractivity contribution in [3.8, 4) is 22.8 Å². The van der Waals surface area contributed by atoms with Crippen molar-refractivity contribution in [1.29, 1.82) is 0 Å². The predicted molar refractivity (Wildman–Crippen MR) is 102 cm³/mol. The van der Waals surface area contributed by atoms with E-state index in [9.17, 15) is 5.11 Å². The molecule has 0 radical (unpaired) electrons. The first kappa shape index (κ1) is 16.0. The van der Waals surface area contributed by atoms with Gasteiger partial charge in [-0.3, -0.25) is 5.10 Å². The zero-order valence-electron chi connectivity index (χ0n) is 14.4. The Labute approximate surface area is 150 Å². The summed E-state index contributed by atoms with van der Waals surface area (Å²) in [5.41, 5.74) is 2.69. The van der Waals surface area contributed by atoms with Crippen molar-refractivity contribution >= 4 is 22.4 Å². The Morgan fingerprint density at radius 1 is 1.04 bits per heavy atom. The molecular formula is C20H18N4O2. The minimum absolute atomic E-state index is 0.210. The van der Waals surface area contributed by atoms with Gasteiger partial charge in [-0.05, 0) is 48.7 Å². The van der Waals surface area contributed by atoms with Gasteiger partial charge >= 0.3 is 0 Å². The quantitative estimate of drug-likeness (QED) is 0.510. The van der Waals surface area contributed by atoms with Gasteiger partial charge in [-0.1, -0.05) is 12.1 Å². The van der Waals surface area contributed by atoms with E-state index >= 15 is 0 Å². The van der Waals surface area contributed by atoms with Gasteiger partial charge in [0.15, 0.2) is 5.82 Å². The largest absolute Gasteiger partial charge is 0.508 e. The summed E-state index contributed by atoms with van der Waals surface area (Å²) >= 11 is 0. The molecular weight excluding hydrogens is 328 g/mol. The highest BCUT2D eigenvalue weighted by atomic mass is 16.5. The molecule has 0 unspecified atom stereocenters. The number of ether oxygens (including phenoxy) is 1. The Bertz CT molecular complexity index is 1090. The second kappa shape index (κ2) is 6.40. The van der Waals surface area contributed by atoms with Gasteiger partial charge in [-0.2, -0.15) is 5.10 Å². The van der Waals surface area contributed by atoms with E-state index in [1.807, 2.05) is 49.4 Å². The Hall–Kier alpha value is -3.54. The highest BCUT2D eigenvalue weighted by Gasteiger charge is 2.11. The number of benzene rings is 2. The number of methoxy groups -OCH3 is 1. The van der Waals surface area contributed by atoms with Gasteiger partial charge < -0.3 is 15.2 Å². The number of aromatic amines is 1. The van der Waals surface area contributed by atoms with Crippen LogP contribution in [-0.4, -0.2) is 27.4 Å². The molecule has 0 fully saturated rings. The van der Waals surface area contributed by atoms with Crippen LogP contribution in [-0.2, 0) is 0 Å². The average Bonchev–Trinajstić information content (AvgIpc) is 3.05. The van der Waals surface area contributed by atoms with Crippen LogP contribution in [0.25, 0.3) is 22.0 Å². The third kappa shape index (κ3) is 3.04. The summed E-state index contributed by atoms with van der Waals surface area (Å²) in [6.07, 6.45) is 0. The van der Waals surface area contributed by atoms with Crippen LogP contribution in [0.2, 0.25) is 0 Å². The fraction of sp³-hybridized carbons (Fsp3) is 0.100. The zero-order chi connectivity index (χ0) is 18.1. The molecule has 0 aliphatic rings. The molecule has 26 heavy (non-hydrogen) atoms. The standard InChI is InChI=1S/C20H18N4O2/c1-12-8-19(24-23-12)21-18-11-14-9-15(25)6-7-17(14)20(22-18)13-4-3-5-16(10-13)26-2/h3-11,25H,1-2H3,(H2,21,22,23,24). The summed E-state index contributed by atoms with van der Waals surface area (Å²) in [6.45, 7) is 1.94. The minimum atomic E-state index is 0.210. The van der Waals surface area contributed by atoms with Crippen LogP contribution in [0, 0.1) is 6.92 Å². The molecule has 0 aliphatic carbocycles. The normalized spacial score (nSPS) is 10.8. The fourth-order valence-corrected chi connectivity index (χ4v) is 2.91. The lowest BCUT2D eigenvalue weighted by Gasteiger charge is -2.11. The topological polar surface area (TPSA) is 83.1 Å². The highest BCUT2D eigenvalue weighted by Crippen LogP contribution is 2.33. The third-order valence-electron chi connectivity index (χ3n) is 4.12. The first-order valence-electron chi connectivity index (χ1n) is 8.19. The molecule has 0 bridgehead atoms. The number of nitrogens with zero attached hydrogens (tertiary/aromatic N) is 2. The number of nitrogens with one attached hydrogen (secondary N) is 2. The number of H-pyrrole nitrogens is 1. The second-order valence-electron chi connectivity index (χ2n) is 6.05. The van der Waals surface area contributed by atoms with E-state index in [4.69, 9.17) is 9.72 Å². The van der Waals surface area contributed by atoms with Crippen molar-refractivity contribution < 1.29 is 9.84 Å². The summed E-state index contributed by atoms with van der Waals surface area (Å²) in [4.78, 5) is 4.78. The molecule has 0 aliphatic heterocycles. The van der Waals surface area contributed by atoms with Crippen LogP contribution in [0.15, 0.2) is 54.6 Å². The lowest BCUT2D eigenvalue weighted by molar-refractivity contribution is 0.415. The van der Waals surface area contributed by atoms with Gasteiger partial charge in [-0.25, -0.2) is 4.98 Å². The van der Waals surface area contributed by atoms with Crippen LogP contribution in [0.4, 0.5) is 11.6 Å². The molecule has 2 aromatic heterocycles. The van der Waals surface area contributed by atoms with E-state index in [0.717, 1.165) is 33.5 Å². The summed E-state index contributed by atoms with van der Waals surface area (Å²) < 4.78 is 5.34. The maximum absolute atomic E-state index is 9.88. The van der Waals surface area contributed by atoms with Crippen molar-refractivity contribution in [2.45, 2.75) is 6.92 Å². The molecule has 0 spiro atoms. The number of pyridine rings is 1. The number of rotatable bonds is 4. The average molecular weight is 346 g/mol. The van der Waals surface area contributed by atoms with Crippen molar-refractivity contribution in [2.24, 2.45) is 0 Å². The molecule has 2 heterocycles. The zero-order valence-corrected chi connectivity index (χ0v) is 14.4. The smallest absolute Gasteiger partial charge is 0.153 e. The van der Waals surface area contributed by atoms with E-state index in [1.165, 1.54) is 0 Å². The first-order valence-corrected chi connectivity index (χ1v) is 8.19. The molecule has 4 rings (SSSR count). The number of phenols is 1. The minimum Gasteiger partial charge on any atom is -0.508 e. The number of hydrogen-bond donors (Lipinski definition) is 3. The van der Waals surface area contributed by atoms with Crippen LogP contribution >= 0.6 is 0 Å². The molecule has 0 amide bonds. The van der Waals surface area contributed by atoms with Crippen LogP contribution in [0.1, 0.15) is 5.69 Å². The highest BCUT2D eigenvalue weighted by molar-refractivity contribution is 5.97. The van der Waals surface area contributed by atoms with Crippen molar-refractivity contribution in [3.05, 3.63) is 60.3 Å². The molecule has 130 valence electrons. The van der Waals surface area contributed by atoms with Gasteiger partial charge in [-0.15, -0.1) is 0 Å². The number of aromatic nitrogens is 3. The Morgan fingerprint density at radius 3 is 2.69 bits per heavy atom. The molecule has 6 heteroatoms. The van der Waals surface area contributed by atoms with Crippen molar-refractivity contribution in [2.75, 3.05) is 12.4 Å². The van der Waals surface area contributed by atoms with Gasteiger partial charge in [0.1, 0.15) is 17.3 Å². The number of aryl methyl sites for hydroxylation is 1. The Morgan fingerprint density at radius 2 is 1.92 bits per heavy atom. The number of aromatic hydroxyl groups is 1. The van der Waals surface area contributed by atoms with Crippen LogP contribution in [0.5, 0.6) is 11.5 Å². The molecule has 6 nitrogen and oxygen atoms in total. The molecule has 0 saturated heterocycles. The summed E-state index contributed by atoms with van der Waals surface area (Å²) in [6, 6.07) is 16.8. The lowest BCUT2D eigenvalue weighted by atomic mass is 10.0. The monoisotopic (exact) mass is 346 g/mol. The lowest BCUT2D eigenvalue weighted by Crippen LogP contribution is -1.97. The van der Waals surface area contributed by atoms with Crippen LogP contribution in [0.3, 0.4) is 0 Å². The molecule has 4 aromatic rings. The first-order chi connectivity index (χ1) is 12.6. The number of phenolic OH excluding ortho intramolecular Hbond substituents is 1. The van der Waals surface area contributed by atoms with E-state index in [1.54, 1.807) is 19.2 Å². The molecule has 2 aromatic carbocycles. The van der Waals surface area contributed by atoms with Crippen LogP contribution < -0.4 is 10.1 Å². The Balaban J connectivity index is 1.88. The third-order valence-corrected chi connectivity index (χ3v) is 4.12. The van der Waals surface area contributed by atoms with Crippen molar-refractivity contribution in [3.63, 3.8) is 0 Å². The van der Waals surface area contributed by atoms with Gasteiger partial charge in [0.05, 0.1) is 12.8 Å². The maximum atomic E-state index is 9.88. The molecule has 0 saturated carbocycles. The molecule has 3 N–H and O–H groups in total. The van der Waals surface area contributed by atoms with E-state index in [0.29, 0.717) is 11.6 Å². The summed E-state index contributed by atoms with van der Waals surface area (Å²) in [5.74, 6) is 2.30. The van der Waals surface area contributed by atoms with Gasteiger partial charge in [0, 0.05) is 22.7 Å². The predicted octanol–water partition coefficient (Wildman–Crippen LogP) is 4.39. The second-order valence-corrected chi connectivity index (χ2v) is 6.05. The number of fused-ring (bicyclic) bond motifs is 1.